The molecule has 30 heavy (non-hydrogen) atoms. The highest BCUT2D eigenvalue weighted by Crippen LogP contribution is 2.26. The van der Waals surface area contributed by atoms with Gasteiger partial charge in [0.2, 0.25) is 17.7 Å². The first-order valence-corrected chi connectivity index (χ1v) is 10.3. The number of amides is 3. The van der Waals surface area contributed by atoms with Gasteiger partial charge in [0.15, 0.2) is 0 Å². The number of nitrogens with zero attached hydrogens (tertiary/aromatic N) is 2. The second-order valence-corrected chi connectivity index (χ2v) is 8.22. The van der Waals surface area contributed by atoms with Gasteiger partial charge in [-0.25, -0.2) is 0 Å². The first-order chi connectivity index (χ1) is 14.3. The van der Waals surface area contributed by atoms with Crippen molar-refractivity contribution in [3.8, 4) is 0 Å². The summed E-state index contributed by atoms with van der Waals surface area (Å²) in [5, 5.41) is 2.94. The van der Waals surface area contributed by atoms with Crippen molar-refractivity contribution in [2.75, 3.05) is 17.3 Å². The number of nitrogens with one attached hydrogen (secondary N) is 1. The first-order valence-electron chi connectivity index (χ1n) is 10.3. The van der Waals surface area contributed by atoms with Crippen molar-refractivity contribution in [1.29, 1.82) is 0 Å². The molecule has 158 valence electrons. The topological polar surface area (TPSA) is 69.7 Å². The van der Waals surface area contributed by atoms with Gasteiger partial charge in [-0.05, 0) is 41.3 Å². The fourth-order valence-electron chi connectivity index (χ4n) is 3.66. The molecule has 3 rings (SSSR count). The molecule has 1 aliphatic heterocycles. The lowest BCUT2D eigenvalue weighted by Crippen LogP contribution is -2.50. The van der Waals surface area contributed by atoms with Crippen molar-refractivity contribution in [2.45, 2.75) is 46.2 Å². The van der Waals surface area contributed by atoms with E-state index in [9.17, 15) is 14.4 Å². The van der Waals surface area contributed by atoms with Crippen LogP contribution in [0.15, 0.2) is 48.5 Å². The molecule has 1 atom stereocenters. The molecule has 0 saturated carbocycles. The summed E-state index contributed by atoms with van der Waals surface area (Å²) in [7, 11) is 1.70. The molecule has 0 aromatic heterocycles. The summed E-state index contributed by atoms with van der Waals surface area (Å²) in [6.07, 6.45) is 0.912. The maximum atomic E-state index is 13.1. The normalized spacial score (nSPS) is 15.5. The highest BCUT2D eigenvalue weighted by atomic mass is 16.2. The Labute approximate surface area is 177 Å². The second-order valence-electron chi connectivity index (χ2n) is 8.22. The Kier molecular flexibility index (Phi) is 6.55. The van der Waals surface area contributed by atoms with Crippen LogP contribution in [0.1, 0.15) is 38.3 Å². The van der Waals surface area contributed by atoms with Gasteiger partial charge < -0.3 is 15.1 Å². The van der Waals surface area contributed by atoms with Crippen LogP contribution in [0.2, 0.25) is 0 Å². The van der Waals surface area contributed by atoms with Gasteiger partial charge in [0, 0.05) is 44.7 Å². The number of hydrogen-bond donors (Lipinski definition) is 1. The zero-order chi connectivity index (χ0) is 21.8. The summed E-state index contributed by atoms with van der Waals surface area (Å²) >= 11 is 0. The summed E-state index contributed by atoms with van der Waals surface area (Å²) in [5.41, 5.74) is 3.58. The smallest absolute Gasteiger partial charge is 0.247 e. The average molecular weight is 408 g/mol. The van der Waals surface area contributed by atoms with E-state index in [1.54, 1.807) is 36.2 Å². The number of fused-ring (bicyclic) bond motifs is 1. The van der Waals surface area contributed by atoms with Crippen LogP contribution in [-0.2, 0) is 27.3 Å². The molecule has 0 aliphatic carbocycles. The third-order valence-electron chi connectivity index (χ3n) is 5.45. The summed E-state index contributed by atoms with van der Waals surface area (Å²) in [4.78, 5) is 40.8. The predicted molar refractivity (Wildman–Crippen MR) is 118 cm³/mol. The Morgan fingerprint density at radius 3 is 2.30 bits per heavy atom. The number of benzene rings is 2. The molecule has 1 heterocycles. The van der Waals surface area contributed by atoms with Crippen LogP contribution in [0.5, 0.6) is 0 Å². The van der Waals surface area contributed by atoms with E-state index in [2.05, 4.69) is 5.32 Å². The molecule has 1 unspecified atom stereocenters. The largest absolute Gasteiger partial charge is 0.326 e. The van der Waals surface area contributed by atoms with Gasteiger partial charge in [0.25, 0.3) is 0 Å². The van der Waals surface area contributed by atoms with E-state index >= 15 is 0 Å². The SMILES string of the molecule is CC(=O)N(C)c1ccc(NC(=O)C2Cc3ccccc3CN2C(=O)CC(C)C)cc1. The minimum Gasteiger partial charge on any atom is -0.326 e. The van der Waals surface area contributed by atoms with Crippen LogP contribution in [0.4, 0.5) is 11.4 Å². The molecule has 0 saturated heterocycles. The molecular formula is C24H29N3O3. The summed E-state index contributed by atoms with van der Waals surface area (Å²) in [6.45, 7) is 5.95. The van der Waals surface area contributed by atoms with Crippen molar-refractivity contribution >= 4 is 29.1 Å². The van der Waals surface area contributed by atoms with Crippen molar-refractivity contribution in [3.63, 3.8) is 0 Å². The Morgan fingerprint density at radius 2 is 1.70 bits per heavy atom. The van der Waals surface area contributed by atoms with Gasteiger partial charge in [0.1, 0.15) is 6.04 Å². The van der Waals surface area contributed by atoms with E-state index in [4.69, 9.17) is 0 Å². The number of hydrogen-bond acceptors (Lipinski definition) is 3. The molecular weight excluding hydrogens is 378 g/mol. The molecule has 3 amide bonds. The van der Waals surface area contributed by atoms with E-state index in [1.165, 1.54) is 11.8 Å². The molecule has 2 aromatic carbocycles. The van der Waals surface area contributed by atoms with Gasteiger partial charge in [-0.3, -0.25) is 14.4 Å². The van der Waals surface area contributed by atoms with Crippen molar-refractivity contribution in [3.05, 3.63) is 59.7 Å². The Balaban J connectivity index is 1.79. The van der Waals surface area contributed by atoms with Gasteiger partial charge in [-0.15, -0.1) is 0 Å². The maximum absolute atomic E-state index is 13.1. The van der Waals surface area contributed by atoms with Crippen molar-refractivity contribution in [2.24, 2.45) is 5.92 Å². The molecule has 0 fully saturated rings. The number of carbonyl (C=O) groups excluding carboxylic acids is 3. The molecule has 0 spiro atoms. The van der Waals surface area contributed by atoms with Crippen LogP contribution < -0.4 is 10.2 Å². The lowest BCUT2D eigenvalue weighted by Gasteiger charge is -2.36. The second kappa shape index (κ2) is 9.11. The van der Waals surface area contributed by atoms with E-state index in [1.807, 2.05) is 38.1 Å². The number of anilines is 2. The summed E-state index contributed by atoms with van der Waals surface area (Å²) in [5.74, 6) is -0.0384. The minimum atomic E-state index is -0.550. The lowest BCUT2D eigenvalue weighted by molar-refractivity contribution is -0.140. The molecule has 6 heteroatoms. The van der Waals surface area contributed by atoms with Crippen LogP contribution in [0, 0.1) is 5.92 Å². The lowest BCUT2D eigenvalue weighted by atomic mass is 9.92. The fraction of sp³-hybridized carbons (Fsp3) is 0.375. The highest BCUT2D eigenvalue weighted by molar-refractivity contribution is 5.98. The molecule has 2 aromatic rings. The maximum Gasteiger partial charge on any atom is 0.247 e. The van der Waals surface area contributed by atoms with E-state index < -0.39 is 6.04 Å². The summed E-state index contributed by atoms with van der Waals surface area (Å²) < 4.78 is 0. The zero-order valence-electron chi connectivity index (χ0n) is 18.0. The van der Waals surface area contributed by atoms with E-state index in [0.717, 1.165) is 16.8 Å². The van der Waals surface area contributed by atoms with Gasteiger partial charge in [-0.1, -0.05) is 38.1 Å². The van der Waals surface area contributed by atoms with Crippen LogP contribution >= 0.6 is 0 Å². The Morgan fingerprint density at radius 1 is 1.07 bits per heavy atom. The van der Waals surface area contributed by atoms with Crippen molar-refractivity contribution < 1.29 is 14.4 Å². The predicted octanol–water partition coefficient (Wildman–Crippen LogP) is 3.61. The minimum absolute atomic E-state index is 0.00177. The van der Waals surface area contributed by atoms with Gasteiger partial charge in [0.05, 0.1) is 0 Å². The molecule has 1 aliphatic rings. The quantitative estimate of drug-likeness (QED) is 0.823. The summed E-state index contributed by atoms with van der Waals surface area (Å²) in [6, 6.07) is 14.5. The monoisotopic (exact) mass is 407 g/mol. The fourth-order valence-corrected chi connectivity index (χ4v) is 3.66. The standard InChI is InChI=1S/C24H29N3O3/c1-16(2)13-23(29)27-15-19-8-6-5-7-18(19)14-22(27)24(30)25-20-9-11-21(12-10-20)26(4)17(3)28/h5-12,16,22H,13-15H2,1-4H3,(H,25,30). The third kappa shape index (κ3) is 4.87. The average Bonchev–Trinajstić information content (AvgIpc) is 2.72. The highest BCUT2D eigenvalue weighted by Gasteiger charge is 2.34. The Hall–Kier alpha value is -3.15. The first kappa shape index (κ1) is 21.6. The Bertz CT molecular complexity index is 937. The van der Waals surface area contributed by atoms with Gasteiger partial charge in [-0.2, -0.15) is 0 Å². The van der Waals surface area contributed by atoms with Crippen molar-refractivity contribution in [1.82, 2.24) is 4.90 Å². The van der Waals surface area contributed by atoms with E-state index in [-0.39, 0.29) is 23.6 Å². The van der Waals surface area contributed by atoms with E-state index in [0.29, 0.717) is 25.1 Å². The molecule has 6 nitrogen and oxygen atoms in total. The van der Waals surface area contributed by atoms with Crippen LogP contribution in [0.3, 0.4) is 0 Å². The zero-order valence-corrected chi connectivity index (χ0v) is 18.0. The third-order valence-corrected chi connectivity index (χ3v) is 5.45. The van der Waals surface area contributed by atoms with Crippen LogP contribution in [0.25, 0.3) is 0 Å². The molecule has 0 radical (unpaired) electrons. The number of carbonyl (C=O) groups is 3. The molecule has 1 N–H and O–H groups in total. The van der Waals surface area contributed by atoms with Crippen LogP contribution in [-0.4, -0.2) is 35.7 Å². The number of rotatable bonds is 5. The van der Waals surface area contributed by atoms with Gasteiger partial charge >= 0.3 is 0 Å². The molecule has 0 bridgehead atoms.